The zero-order valence-corrected chi connectivity index (χ0v) is 10.7. The largest absolute Gasteiger partial charge is 0.497 e. The highest BCUT2D eigenvalue weighted by atomic mass is 19.1. The molecule has 0 unspecified atom stereocenters. The molecule has 0 fully saturated rings. The number of hydrogen-bond donors (Lipinski definition) is 2. The van der Waals surface area contributed by atoms with E-state index in [1.165, 1.54) is 25.3 Å². The maximum absolute atomic E-state index is 13.6. The minimum Gasteiger partial charge on any atom is -0.497 e. The summed E-state index contributed by atoms with van der Waals surface area (Å²) >= 11 is 0. The van der Waals surface area contributed by atoms with E-state index in [4.69, 9.17) is 9.15 Å². The van der Waals surface area contributed by atoms with Gasteiger partial charge in [0.25, 0.3) is 0 Å². The van der Waals surface area contributed by atoms with E-state index < -0.39 is 5.82 Å². The molecule has 0 bridgehead atoms. The summed E-state index contributed by atoms with van der Waals surface area (Å²) in [6.07, 6.45) is 0. The van der Waals surface area contributed by atoms with Crippen molar-refractivity contribution in [3.8, 4) is 5.75 Å². The van der Waals surface area contributed by atoms with Crippen LogP contribution >= 0.6 is 0 Å². The van der Waals surface area contributed by atoms with Gasteiger partial charge in [0.2, 0.25) is 5.89 Å². The summed E-state index contributed by atoms with van der Waals surface area (Å²) in [5.74, 6) is 0.552. The van der Waals surface area contributed by atoms with Crippen LogP contribution in [0, 0.1) is 5.82 Å². The maximum Gasteiger partial charge on any atom is 0.320 e. The van der Waals surface area contributed by atoms with Gasteiger partial charge in [0.05, 0.1) is 19.3 Å². The number of nitrogens with one attached hydrogen (secondary N) is 2. The van der Waals surface area contributed by atoms with Crippen LogP contribution in [0.15, 0.2) is 22.6 Å². The SMILES string of the molecule is CCNCc1nnc(Nc2cc(OC)ccc2F)o1. The number of halogens is 1. The fraction of sp³-hybridized carbons (Fsp3) is 0.333. The molecule has 102 valence electrons. The molecule has 7 heteroatoms. The van der Waals surface area contributed by atoms with Crippen molar-refractivity contribution in [3.63, 3.8) is 0 Å². The Morgan fingerprint density at radius 1 is 1.37 bits per heavy atom. The van der Waals surface area contributed by atoms with E-state index in [1.54, 1.807) is 0 Å². The van der Waals surface area contributed by atoms with Gasteiger partial charge in [0.1, 0.15) is 11.6 Å². The van der Waals surface area contributed by atoms with Crippen molar-refractivity contribution < 1.29 is 13.5 Å². The fourth-order valence-electron chi connectivity index (χ4n) is 1.45. The van der Waals surface area contributed by atoms with E-state index in [-0.39, 0.29) is 11.7 Å². The van der Waals surface area contributed by atoms with Gasteiger partial charge >= 0.3 is 6.01 Å². The Morgan fingerprint density at radius 2 is 2.21 bits per heavy atom. The first kappa shape index (κ1) is 13.3. The molecule has 6 nitrogen and oxygen atoms in total. The molecule has 0 saturated carbocycles. The number of methoxy groups -OCH3 is 1. The Bertz CT molecular complexity index is 544. The average Bonchev–Trinajstić information content (AvgIpc) is 2.86. The molecule has 2 N–H and O–H groups in total. The van der Waals surface area contributed by atoms with E-state index in [2.05, 4.69) is 20.8 Å². The molecule has 19 heavy (non-hydrogen) atoms. The first-order valence-corrected chi connectivity index (χ1v) is 5.86. The van der Waals surface area contributed by atoms with E-state index in [1.807, 2.05) is 6.92 Å². The van der Waals surface area contributed by atoms with E-state index in [0.29, 0.717) is 18.2 Å². The molecule has 1 aromatic carbocycles. The van der Waals surface area contributed by atoms with Gasteiger partial charge in [0.15, 0.2) is 0 Å². The summed E-state index contributed by atoms with van der Waals surface area (Å²) in [5.41, 5.74) is 0.220. The second kappa shape index (κ2) is 6.14. The predicted octanol–water partition coefficient (Wildman–Crippen LogP) is 2.07. The molecule has 1 aromatic heterocycles. The summed E-state index contributed by atoms with van der Waals surface area (Å²) in [4.78, 5) is 0. The first-order valence-electron chi connectivity index (χ1n) is 5.86. The molecule has 0 aliphatic carbocycles. The van der Waals surface area contributed by atoms with E-state index in [0.717, 1.165) is 6.54 Å². The zero-order valence-electron chi connectivity index (χ0n) is 10.7. The summed E-state index contributed by atoms with van der Waals surface area (Å²) in [6.45, 7) is 3.25. The minimum absolute atomic E-state index is 0.139. The molecule has 2 rings (SSSR count). The quantitative estimate of drug-likeness (QED) is 0.834. The van der Waals surface area contributed by atoms with Crippen LogP contribution in [0.5, 0.6) is 5.75 Å². The zero-order chi connectivity index (χ0) is 13.7. The fourth-order valence-corrected chi connectivity index (χ4v) is 1.45. The van der Waals surface area contributed by atoms with Gasteiger partial charge < -0.3 is 19.8 Å². The van der Waals surface area contributed by atoms with Crippen LogP contribution < -0.4 is 15.4 Å². The van der Waals surface area contributed by atoms with Crippen molar-refractivity contribution >= 4 is 11.7 Å². The average molecular weight is 266 g/mol. The molecule has 2 aromatic rings. The van der Waals surface area contributed by atoms with Gasteiger partial charge in [-0.05, 0) is 18.7 Å². The van der Waals surface area contributed by atoms with E-state index >= 15 is 0 Å². The molecule has 0 radical (unpaired) electrons. The van der Waals surface area contributed by atoms with Crippen LogP contribution in [0.2, 0.25) is 0 Å². The second-order valence-corrected chi connectivity index (χ2v) is 3.75. The van der Waals surface area contributed by atoms with Gasteiger partial charge in [-0.2, -0.15) is 0 Å². The minimum atomic E-state index is -0.424. The lowest BCUT2D eigenvalue weighted by Gasteiger charge is -2.05. The Labute approximate surface area is 110 Å². The highest BCUT2D eigenvalue weighted by Crippen LogP contribution is 2.24. The molecule has 0 atom stereocenters. The molecular formula is C12H15FN4O2. The molecule has 0 saturated heterocycles. The predicted molar refractivity (Wildman–Crippen MR) is 67.9 cm³/mol. The van der Waals surface area contributed by atoms with Crippen molar-refractivity contribution in [1.29, 1.82) is 0 Å². The Kier molecular flexibility index (Phi) is 4.30. The number of nitrogens with zero attached hydrogens (tertiary/aromatic N) is 2. The molecule has 0 amide bonds. The Hall–Kier alpha value is -2.15. The normalized spacial score (nSPS) is 10.5. The number of rotatable bonds is 6. The van der Waals surface area contributed by atoms with Gasteiger partial charge in [0, 0.05) is 6.07 Å². The van der Waals surface area contributed by atoms with Crippen molar-refractivity contribution in [1.82, 2.24) is 15.5 Å². The van der Waals surface area contributed by atoms with Crippen LogP contribution in [0.1, 0.15) is 12.8 Å². The lowest BCUT2D eigenvalue weighted by Crippen LogP contribution is -2.11. The summed E-state index contributed by atoms with van der Waals surface area (Å²) in [5, 5.41) is 13.4. The third-order valence-electron chi connectivity index (χ3n) is 2.41. The van der Waals surface area contributed by atoms with Crippen LogP contribution in [-0.2, 0) is 6.54 Å². The van der Waals surface area contributed by atoms with Crippen molar-refractivity contribution in [2.45, 2.75) is 13.5 Å². The summed E-state index contributed by atoms with van der Waals surface area (Å²) in [7, 11) is 1.51. The number of ether oxygens (including phenoxy) is 1. The third-order valence-corrected chi connectivity index (χ3v) is 2.41. The first-order chi connectivity index (χ1) is 9.22. The number of benzene rings is 1. The highest BCUT2D eigenvalue weighted by molar-refractivity contribution is 5.55. The summed E-state index contributed by atoms with van der Waals surface area (Å²) < 4.78 is 23.9. The van der Waals surface area contributed by atoms with Gasteiger partial charge in [-0.3, -0.25) is 0 Å². The molecule has 0 spiro atoms. The third kappa shape index (κ3) is 3.41. The van der Waals surface area contributed by atoms with Crippen LogP contribution in [0.3, 0.4) is 0 Å². The molecule has 0 aliphatic heterocycles. The Balaban J connectivity index is 2.10. The molecule has 0 aliphatic rings. The lowest BCUT2D eigenvalue weighted by atomic mass is 10.3. The maximum atomic E-state index is 13.6. The lowest BCUT2D eigenvalue weighted by molar-refractivity contribution is 0.414. The van der Waals surface area contributed by atoms with E-state index in [9.17, 15) is 4.39 Å². The van der Waals surface area contributed by atoms with Crippen LogP contribution in [0.25, 0.3) is 0 Å². The van der Waals surface area contributed by atoms with Gasteiger partial charge in [-0.15, -0.1) is 5.10 Å². The number of hydrogen-bond acceptors (Lipinski definition) is 6. The van der Waals surface area contributed by atoms with Crippen LogP contribution in [-0.4, -0.2) is 23.9 Å². The smallest absolute Gasteiger partial charge is 0.320 e. The van der Waals surface area contributed by atoms with Crippen molar-refractivity contribution in [3.05, 3.63) is 29.9 Å². The Morgan fingerprint density at radius 3 is 2.95 bits per heavy atom. The standard InChI is InChI=1S/C12H15FN4O2/c1-3-14-7-11-16-17-12(19-11)15-10-6-8(18-2)4-5-9(10)13/h4-6,14H,3,7H2,1-2H3,(H,15,17). The van der Waals surface area contributed by atoms with Crippen molar-refractivity contribution in [2.24, 2.45) is 0 Å². The van der Waals surface area contributed by atoms with Crippen LogP contribution in [0.4, 0.5) is 16.1 Å². The monoisotopic (exact) mass is 266 g/mol. The highest BCUT2D eigenvalue weighted by Gasteiger charge is 2.09. The number of anilines is 2. The number of aromatic nitrogens is 2. The second-order valence-electron chi connectivity index (χ2n) is 3.75. The van der Waals surface area contributed by atoms with Gasteiger partial charge in [-0.1, -0.05) is 12.0 Å². The topological polar surface area (TPSA) is 72.2 Å². The molecular weight excluding hydrogens is 251 g/mol. The summed E-state index contributed by atoms with van der Waals surface area (Å²) in [6, 6.07) is 4.49. The van der Waals surface area contributed by atoms with Crippen molar-refractivity contribution in [2.75, 3.05) is 19.0 Å². The van der Waals surface area contributed by atoms with Gasteiger partial charge in [-0.25, -0.2) is 4.39 Å². The molecule has 1 heterocycles.